The van der Waals surface area contributed by atoms with Gasteiger partial charge in [0.1, 0.15) is 0 Å². The van der Waals surface area contributed by atoms with Gasteiger partial charge in [-0.05, 0) is 77.9 Å². The van der Waals surface area contributed by atoms with Crippen LogP contribution < -0.4 is 10.9 Å². The fourth-order valence-electron chi connectivity index (χ4n) is 5.28. The van der Waals surface area contributed by atoms with E-state index in [9.17, 15) is 9.59 Å². The van der Waals surface area contributed by atoms with Crippen molar-refractivity contribution in [3.8, 4) is 4.90 Å². The van der Waals surface area contributed by atoms with Gasteiger partial charge in [0.15, 0.2) is 19.7 Å². The van der Waals surface area contributed by atoms with Crippen molar-refractivity contribution in [3.05, 3.63) is 110 Å². The summed E-state index contributed by atoms with van der Waals surface area (Å²) in [6.45, 7) is 8.60. The Bertz CT molecular complexity index is 1980. The summed E-state index contributed by atoms with van der Waals surface area (Å²) in [5, 5.41) is 3.16. The number of aryl methyl sites for hydroxylation is 2. The van der Waals surface area contributed by atoms with Gasteiger partial charge in [-0.1, -0.05) is 52.0 Å². The quantitative estimate of drug-likeness (QED) is 0.171. The van der Waals surface area contributed by atoms with Gasteiger partial charge in [-0.2, -0.15) is 0 Å². The summed E-state index contributed by atoms with van der Waals surface area (Å²) in [6, 6.07) is 25.0. The van der Waals surface area contributed by atoms with Crippen LogP contribution in [-0.2, 0) is 12.8 Å². The standard InChI is InChI=1S/C33H29O2S2/c1-5-20-15-21(6-2)33-27(16-20)32(35)25-18-23(12-13-28(25)36-33)37-29-10-8-7-9-24(29)31(34)26-17-22(19(3)4)11-14-30(26)37/h7-19H,5-6H2,1-4H3/q+1. The molecule has 4 heteroatoms. The molecule has 0 aliphatic carbocycles. The molecule has 4 aromatic carbocycles. The molecular weight excluding hydrogens is 492 g/mol. The fourth-order valence-corrected chi connectivity index (χ4v) is 8.85. The minimum absolute atomic E-state index is 0.0922. The van der Waals surface area contributed by atoms with E-state index in [0.717, 1.165) is 58.1 Å². The maximum absolute atomic E-state index is 13.9. The number of hydrogen-bond acceptors (Lipinski definition) is 3. The van der Waals surface area contributed by atoms with Crippen LogP contribution in [-0.4, -0.2) is 0 Å². The Kier molecular flexibility index (Phi) is 5.97. The Balaban J connectivity index is 1.72. The molecule has 1 atom stereocenters. The third kappa shape index (κ3) is 3.82. The Labute approximate surface area is 222 Å². The molecule has 2 nitrogen and oxygen atoms in total. The normalized spacial score (nSPS) is 12.4. The van der Waals surface area contributed by atoms with E-state index < -0.39 is 10.5 Å². The van der Waals surface area contributed by atoms with Crippen molar-refractivity contribution in [2.45, 2.75) is 46.5 Å². The van der Waals surface area contributed by atoms with Crippen LogP contribution in [0.4, 0.5) is 0 Å². The van der Waals surface area contributed by atoms with Gasteiger partial charge in [-0.25, -0.2) is 0 Å². The smallest absolute Gasteiger partial charge is 0.203 e. The second kappa shape index (κ2) is 9.20. The first-order valence-electron chi connectivity index (χ1n) is 13.0. The Hall–Kier alpha value is -3.34. The Morgan fingerprint density at radius 3 is 2.24 bits per heavy atom. The minimum atomic E-state index is -0.465. The van der Waals surface area contributed by atoms with Gasteiger partial charge in [0.05, 0.1) is 10.8 Å². The average molecular weight is 522 g/mol. The van der Waals surface area contributed by atoms with E-state index in [1.54, 1.807) is 11.3 Å². The van der Waals surface area contributed by atoms with Gasteiger partial charge in [-0.3, -0.25) is 9.59 Å². The lowest BCUT2D eigenvalue weighted by molar-refractivity contribution is 0.869. The molecule has 0 saturated heterocycles. The highest BCUT2D eigenvalue weighted by atomic mass is 32.2. The van der Waals surface area contributed by atoms with Crippen LogP contribution in [0.15, 0.2) is 82.4 Å². The first-order valence-corrected chi connectivity index (χ1v) is 15.0. The molecule has 0 fully saturated rings. The zero-order chi connectivity index (χ0) is 25.8. The SMILES string of the molecule is CCc1cc(CC)c2sc3ccc(-[s+]4c5ccccc5c(=O)c5cc(C(C)C)ccc54)cc3c(=O)c2c1. The Morgan fingerprint density at radius 1 is 0.730 bits per heavy atom. The van der Waals surface area contributed by atoms with Crippen LogP contribution in [0.25, 0.3) is 45.2 Å². The van der Waals surface area contributed by atoms with Gasteiger partial charge in [0, 0.05) is 36.7 Å². The second-order valence-corrected chi connectivity index (χ2v) is 13.0. The number of rotatable bonds is 4. The van der Waals surface area contributed by atoms with Gasteiger partial charge in [-0.15, -0.1) is 11.3 Å². The number of hydrogen-bond donors (Lipinski definition) is 0. The van der Waals surface area contributed by atoms with Crippen LogP contribution in [0.5, 0.6) is 0 Å². The van der Waals surface area contributed by atoms with E-state index in [4.69, 9.17) is 0 Å². The predicted molar refractivity (Wildman–Crippen MR) is 164 cm³/mol. The van der Waals surface area contributed by atoms with Crippen LogP contribution in [0.1, 0.15) is 50.3 Å². The highest BCUT2D eigenvalue weighted by Gasteiger charge is 2.24. The highest BCUT2D eigenvalue weighted by Crippen LogP contribution is 2.45. The van der Waals surface area contributed by atoms with E-state index >= 15 is 0 Å². The zero-order valence-corrected chi connectivity index (χ0v) is 23.2. The molecule has 1 unspecified atom stereocenters. The van der Waals surface area contributed by atoms with Crippen LogP contribution in [0, 0.1) is 0 Å². The van der Waals surface area contributed by atoms with E-state index in [0.29, 0.717) is 5.92 Å². The van der Waals surface area contributed by atoms with Crippen molar-refractivity contribution >= 4 is 62.2 Å². The number of fused-ring (bicyclic) bond motifs is 4. The van der Waals surface area contributed by atoms with Crippen molar-refractivity contribution in [2.24, 2.45) is 0 Å². The lowest BCUT2D eigenvalue weighted by Gasteiger charge is -2.09. The molecule has 0 aliphatic rings. The summed E-state index contributed by atoms with van der Waals surface area (Å²) in [4.78, 5) is 28.5. The zero-order valence-electron chi connectivity index (χ0n) is 21.6. The van der Waals surface area contributed by atoms with Crippen LogP contribution in [0.2, 0.25) is 0 Å². The molecule has 0 saturated carbocycles. The van der Waals surface area contributed by atoms with E-state index in [1.165, 1.54) is 16.7 Å². The van der Waals surface area contributed by atoms with Crippen molar-refractivity contribution in [1.82, 2.24) is 0 Å². The minimum Gasteiger partial charge on any atom is -0.288 e. The van der Waals surface area contributed by atoms with Crippen molar-refractivity contribution in [1.29, 1.82) is 0 Å². The first-order chi connectivity index (χ1) is 17.9. The number of benzene rings is 4. The molecule has 37 heavy (non-hydrogen) atoms. The van der Waals surface area contributed by atoms with E-state index in [-0.39, 0.29) is 10.9 Å². The van der Waals surface area contributed by atoms with Crippen molar-refractivity contribution < 1.29 is 0 Å². The van der Waals surface area contributed by atoms with Gasteiger partial charge >= 0.3 is 0 Å². The average Bonchev–Trinajstić information content (AvgIpc) is 2.93. The Morgan fingerprint density at radius 2 is 1.49 bits per heavy atom. The summed E-state index contributed by atoms with van der Waals surface area (Å²) < 4.78 is 4.20. The van der Waals surface area contributed by atoms with E-state index in [2.05, 4.69) is 82.3 Å². The molecule has 0 radical (unpaired) electrons. The summed E-state index contributed by atoms with van der Waals surface area (Å²) in [5.41, 5.74) is 3.83. The molecular formula is C33H29O2S2+. The molecule has 2 heterocycles. The van der Waals surface area contributed by atoms with Crippen molar-refractivity contribution in [3.63, 3.8) is 0 Å². The maximum atomic E-state index is 13.9. The summed E-state index contributed by atoms with van der Waals surface area (Å²) in [7, 11) is -0.465. The van der Waals surface area contributed by atoms with Gasteiger partial charge in [0.2, 0.25) is 5.43 Å². The van der Waals surface area contributed by atoms with Gasteiger partial charge < -0.3 is 0 Å². The summed E-state index contributed by atoms with van der Waals surface area (Å²) in [6.07, 6.45) is 1.82. The third-order valence-electron chi connectivity index (χ3n) is 7.39. The first kappa shape index (κ1) is 24.0. The lowest BCUT2D eigenvalue weighted by atomic mass is 10.0. The molecule has 0 bridgehead atoms. The summed E-state index contributed by atoms with van der Waals surface area (Å²) >= 11 is 1.72. The van der Waals surface area contributed by atoms with Crippen LogP contribution in [0.3, 0.4) is 0 Å². The molecule has 0 amide bonds. The monoisotopic (exact) mass is 521 g/mol. The predicted octanol–water partition coefficient (Wildman–Crippen LogP) is 9.07. The largest absolute Gasteiger partial charge is 0.288 e. The highest BCUT2D eigenvalue weighted by molar-refractivity contribution is 7.49. The summed E-state index contributed by atoms with van der Waals surface area (Å²) in [5.74, 6) is 0.344. The maximum Gasteiger partial charge on any atom is 0.203 e. The molecule has 6 rings (SSSR count). The molecule has 6 aromatic rings. The lowest BCUT2D eigenvalue weighted by Crippen LogP contribution is -2.04. The molecule has 0 aliphatic heterocycles. The topological polar surface area (TPSA) is 34.1 Å². The molecule has 2 aromatic heterocycles. The fraction of sp³-hybridized carbons (Fsp3) is 0.212. The van der Waals surface area contributed by atoms with Gasteiger partial charge in [0.25, 0.3) is 0 Å². The molecule has 184 valence electrons. The molecule has 0 N–H and O–H groups in total. The van der Waals surface area contributed by atoms with E-state index in [1.807, 2.05) is 18.2 Å². The van der Waals surface area contributed by atoms with Crippen LogP contribution >= 0.6 is 21.8 Å². The second-order valence-electron chi connectivity index (χ2n) is 9.97. The molecule has 0 spiro atoms. The van der Waals surface area contributed by atoms with Crippen molar-refractivity contribution in [2.75, 3.05) is 0 Å². The third-order valence-corrected chi connectivity index (χ3v) is 11.0.